The van der Waals surface area contributed by atoms with Crippen LogP contribution in [0.15, 0.2) is 26.7 Å². The molecule has 4 nitrogen and oxygen atoms in total. The number of nitrogens with two attached hydrogens (primary N) is 1. The molecule has 2 rings (SSSR count). The predicted octanol–water partition coefficient (Wildman–Crippen LogP) is 3.30. The van der Waals surface area contributed by atoms with E-state index in [0.717, 1.165) is 22.6 Å². The number of rotatable bonds is 4. The van der Waals surface area contributed by atoms with Gasteiger partial charge in [-0.3, -0.25) is 0 Å². The lowest BCUT2D eigenvalue weighted by Crippen LogP contribution is -2.07. The first-order chi connectivity index (χ1) is 8.16. The van der Waals surface area contributed by atoms with Gasteiger partial charge in [0.05, 0.1) is 3.79 Å². The lowest BCUT2D eigenvalue weighted by atomic mass is 10.3. The van der Waals surface area contributed by atoms with Crippen molar-refractivity contribution in [1.29, 1.82) is 0 Å². The molecule has 0 atom stereocenters. The Morgan fingerprint density at radius 3 is 2.82 bits per heavy atom. The molecule has 2 aromatic heterocycles. The number of thiophene rings is 1. The maximum Gasteiger partial charge on any atom is 0.145 e. The van der Waals surface area contributed by atoms with Crippen LogP contribution >= 0.6 is 43.2 Å². The van der Waals surface area contributed by atoms with Crippen molar-refractivity contribution >= 4 is 54.8 Å². The molecule has 17 heavy (non-hydrogen) atoms. The number of halogens is 2. The molecule has 90 valence electrons. The monoisotopic (exact) mass is 376 g/mol. The van der Waals surface area contributed by atoms with Crippen molar-refractivity contribution in [3.8, 4) is 0 Å². The summed E-state index contributed by atoms with van der Waals surface area (Å²) in [5.74, 6) is 1.18. The number of hydrogen-bond donors (Lipinski definition) is 2. The van der Waals surface area contributed by atoms with E-state index in [4.69, 9.17) is 5.73 Å². The minimum atomic E-state index is 0.446. The maximum atomic E-state index is 5.66. The van der Waals surface area contributed by atoms with Gasteiger partial charge in [0.2, 0.25) is 0 Å². The first-order valence-electron chi connectivity index (χ1n) is 4.91. The Balaban J connectivity index is 1.92. The molecular formula is C10H10Br2N4S. The Kier molecular flexibility index (Phi) is 4.36. The zero-order valence-electron chi connectivity index (χ0n) is 8.78. The molecule has 0 fully saturated rings. The van der Waals surface area contributed by atoms with Crippen molar-refractivity contribution in [3.63, 3.8) is 0 Å². The Morgan fingerprint density at radius 2 is 2.12 bits per heavy atom. The van der Waals surface area contributed by atoms with Crippen molar-refractivity contribution in [2.24, 2.45) is 0 Å². The van der Waals surface area contributed by atoms with Crippen LogP contribution in [0.4, 0.5) is 11.6 Å². The largest absolute Gasteiger partial charge is 0.383 e. The van der Waals surface area contributed by atoms with E-state index in [1.165, 1.54) is 11.2 Å². The van der Waals surface area contributed by atoms with Crippen molar-refractivity contribution in [2.45, 2.75) is 6.42 Å². The smallest absolute Gasteiger partial charge is 0.145 e. The van der Waals surface area contributed by atoms with Crippen LogP contribution in [-0.2, 0) is 6.42 Å². The summed E-state index contributed by atoms with van der Waals surface area (Å²) in [7, 11) is 0. The Bertz CT molecular complexity index is 515. The van der Waals surface area contributed by atoms with E-state index >= 15 is 0 Å². The van der Waals surface area contributed by atoms with E-state index in [1.54, 1.807) is 11.3 Å². The third kappa shape index (κ3) is 3.40. The molecule has 0 spiro atoms. The van der Waals surface area contributed by atoms with Gasteiger partial charge in [0.25, 0.3) is 0 Å². The Hall–Kier alpha value is -0.660. The fourth-order valence-electron chi connectivity index (χ4n) is 1.30. The molecule has 0 aliphatic heterocycles. The van der Waals surface area contributed by atoms with Gasteiger partial charge in [-0.1, -0.05) is 0 Å². The molecule has 0 bridgehead atoms. The normalized spacial score (nSPS) is 10.5. The molecule has 2 aromatic rings. The van der Waals surface area contributed by atoms with Gasteiger partial charge in [-0.15, -0.1) is 11.3 Å². The van der Waals surface area contributed by atoms with Crippen LogP contribution in [0.1, 0.15) is 4.88 Å². The number of nitrogen functional groups attached to an aromatic ring is 1. The molecule has 0 aromatic carbocycles. The van der Waals surface area contributed by atoms with E-state index in [1.807, 2.05) is 0 Å². The second-order valence-corrected chi connectivity index (χ2v) is 6.64. The van der Waals surface area contributed by atoms with Gasteiger partial charge in [-0.2, -0.15) is 0 Å². The molecule has 0 saturated carbocycles. The van der Waals surface area contributed by atoms with E-state index in [-0.39, 0.29) is 0 Å². The molecule has 0 unspecified atom stereocenters. The second-order valence-electron chi connectivity index (χ2n) is 3.30. The molecule has 7 heteroatoms. The maximum absolute atomic E-state index is 5.66. The highest BCUT2D eigenvalue weighted by atomic mass is 79.9. The number of hydrogen-bond acceptors (Lipinski definition) is 5. The zero-order chi connectivity index (χ0) is 12.3. The van der Waals surface area contributed by atoms with Gasteiger partial charge >= 0.3 is 0 Å². The first kappa shape index (κ1) is 12.8. The molecular weight excluding hydrogens is 368 g/mol. The average molecular weight is 378 g/mol. The summed E-state index contributed by atoms with van der Waals surface area (Å²) in [6, 6.07) is 4.17. The Labute approximate surface area is 120 Å². The lowest BCUT2D eigenvalue weighted by Gasteiger charge is -2.07. The minimum absolute atomic E-state index is 0.446. The quantitative estimate of drug-likeness (QED) is 0.857. The molecule has 3 N–H and O–H groups in total. The number of anilines is 2. The first-order valence-corrected chi connectivity index (χ1v) is 7.31. The molecule has 0 saturated heterocycles. The van der Waals surface area contributed by atoms with Crippen molar-refractivity contribution < 1.29 is 0 Å². The van der Waals surface area contributed by atoms with Gasteiger partial charge in [0, 0.05) is 11.4 Å². The predicted molar refractivity (Wildman–Crippen MR) is 78.4 cm³/mol. The van der Waals surface area contributed by atoms with Crippen molar-refractivity contribution in [1.82, 2.24) is 9.97 Å². The van der Waals surface area contributed by atoms with Crippen LogP contribution in [-0.4, -0.2) is 16.5 Å². The van der Waals surface area contributed by atoms with Crippen molar-refractivity contribution in [2.75, 3.05) is 17.6 Å². The van der Waals surface area contributed by atoms with Gasteiger partial charge in [-0.05, 0) is 50.4 Å². The molecule has 0 aliphatic carbocycles. The van der Waals surface area contributed by atoms with Gasteiger partial charge in [0.1, 0.15) is 22.4 Å². The Morgan fingerprint density at radius 1 is 1.29 bits per heavy atom. The second kappa shape index (κ2) is 5.79. The summed E-state index contributed by atoms with van der Waals surface area (Å²) in [5, 5.41) is 3.22. The highest BCUT2D eigenvalue weighted by Gasteiger charge is 2.05. The number of nitrogens with zero attached hydrogens (tertiary/aromatic N) is 2. The molecule has 2 heterocycles. The van der Waals surface area contributed by atoms with Crippen LogP contribution in [0.3, 0.4) is 0 Å². The summed E-state index contributed by atoms with van der Waals surface area (Å²) in [5.41, 5.74) is 5.66. The zero-order valence-corrected chi connectivity index (χ0v) is 12.8. The molecule has 0 aliphatic rings. The number of nitrogens with one attached hydrogen (secondary N) is 1. The van der Waals surface area contributed by atoms with E-state index in [2.05, 4.69) is 59.3 Å². The summed E-state index contributed by atoms with van der Waals surface area (Å²) in [4.78, 5) is 9.33. The topological polar surface area (TPSA) is 63.8 Å². The van der Waals surface area contributed by atoms with Gasteiger partial charge < -0.3 is 11.1 Å². The van der Waals surface area contributed by atoms with E-state index < -0.39 is 0 Å². The summed E-state index contributed by atoms with van der Waals surface area (Å²) in [6.45, 7) is 0.808. The highest BCUT2D eigenvalue weighted by molar-refractivity contribution is 9.11. The van der Waals surface area contributed by atoms with Crippen LogP contribution in [0.2, 0.25) is 0 Å². The van der Waals surface area contributed by atoms with Crippen molar-refractivity contribution in [3.05, 3.63) is 31.6 Å². The lowest BCUT2D eigenvalue weighted by molar-refractivity contribution is 1.02. The van der Waals surface area contributed by atoms with Crippen LogP contribution in [0.5, 0.6) is 0 Å². The fourth-order valence-corrected chi connectivity index (χ4v) is 3.12. The van der Waals surface area contributed by atoms with Crippen LogP contribution in [0.25, 0.3) is 0 Å². The van der Waals surface area contributed by atoms with Crippen LogP contribution < -0.4 is 11.1 Å². The summed E-state index contributed by atoms with van der Waals surface area (Å²) < 4.78 is 1.87. The third-order valence-electron chi connectivity index (χ3n) is 2.11. The SMILES string of the molecule is Nc1ncnc(NCCc2ccc(Br)s2)c1Br. The molecule has 0 radical (unpaired) electrons. The highest BCUT2D eigenvalue weighted by Crippen LogP contribution is 2.25. The van der Waals surface area contributed by atoms with Crippen LogP contribution in [0, 0.1) is 0 Å². The van der Waals surface area contributed by atoms with Gasteiger partial charge in [0.15, 0.2) is 0 Å². The fraction of sp³-hybridized carbons (Fsp3) is 0.200. The summed E-state index contributed by atoms with van der Waals surface area (Å²) >= 11 is 8.53. The number of aromatic nitrogens is 2. The minimum Gasteiger partial charge on any atom is -0.383 e. The summed E-state index contributed by atoms with van der Waals surface area (Å²) in [6.07, 6.45) is 2.40. The molecule has 0 amide bonds. The average Bonchev–Trinajstić information content (AvgIpc) is 2.70. The standard InChI is InChI=1S/C10H10Br2N4S/c11-7-2-1-6(17-7)3-4-14-10-8(12)9(13)15-5-16-10/h1-2,5H,3-4H2,(H3,13,14,15,16). The van der Waals surface area contributed by atoms with E-state index in [9.17, 15) is 0 Å². The van der Waals surface area contributed by atoms with E-state index in [0.29, 0.717) is 10.3 Å². The third-order valence-corrected chi connectivity index (χ3v) is 4.57. The van der Waals surface area contributed by atoms with Gasteiger partial charge in [-0.25, -0.2) is 9.97 Å².